The molecule has 114 valence electrons. The van der Waals surface area contributed by atoms with Gasteiger partial charge in [-0.2, -0.15) is 5.10 Å². The molecular weight excluding hydrogens is 287 g/mol. The summed E-state index contributed by atoms with van der Waals surface area (Å²) in [5.74, 6) is -0.766. The lowest BCUT2D eigenvalue weighted by molar-refractivity contribution is -0.122. The van der Waals surface area contributed by atoms with Gasteiger partial charge in [0.1, 0.15) is 5.82 Å². The van der Waals surface area contributed by atoms with Gasteiger partial charge in [0.25, 0.3) is 0 Å². The van der Waals surface area contributed by atoms with E-state index >= 15 is 0 Å². The maximum absolute atomic E-state index is 12.9. The van der Waals surface area contributed by atoms with Crippen molar-refractivity contribution in [2.24, 2.45) is 5.92 Å². The third-order valence-corrected chi connectivity index (χ3v) is 3.59. The van der Waals surface area contributed by atoms with E-state index in [1.54, 1.807) is 6.07 Å². The lowest BCUT2D eigenvalue weighted by Crippen LogP contribution is -2.28. The van der Waals surface area contributed by atoms with Gasteiger partial charge >= 0.3 is 0 Å². The lowest BCUT2D eigenvalue weighted by Gasteiger charge is -2.16. The molecule has 6 nitrogen and oxygen atoms in total. The quantitative estimate of drug-likeness (QED) is 0.908. The number of rotatable bonds is 3. The van der Waals surface area contributed by atoms with Crippen molar-refractivity contribution in [3.8, 4) is 0 Å². The number of amides is 2. The van der Waals surface area contributed by atoms with Gasteiger partial charge in [-0.1, -0.05) is 0 Å². The van der Waals surface area contributed by atoms with Crippen LogP contribution in [0.4, 0.5) is 15.9 Å². The van der Waals surface area contributed by atoms with Crippen molar-refractivity contribution in [3.05, 3.63) is 41.8 Å². The lowest BCUT2D eigenvalue weighted by atomic mass is 10.1. The predicted octanol–water partition coefficient (Wildman–Crippen LogP) is 1.85. The maximum Gasteiger partial charge on any atom is 0.231 e. The maximum atomic E-state index is 12.9. The molecular formula is C15H15FN4O2. The number of aryl methyl sites for hydroxylation is 1. The van der Waals surface area contributed by atoms with Crippen LogP contribution in [0.15, 0.2) is 30.3 Å². The van der Waals surface area contributed by atoms with Crippen LogP contribution < -0.4 is 10.2 Å². The van der Waals surface area contributed by atoms with E-state index in [0.717, 1.165) is 5.69 Å². The zero-order valence-corrected chi connectivity index (χ0v) is 12.0. The highest BCUT2D eigenvalue weighted by Crippen LogP contribution is 2.26. The number of H-pyrrole nitrogens is 1. The fourth-order valence-corrected chi connectivity index (χ4v) is 2.46. The fraction of sp³-hybridized carbons (Fsp3) is 0.267. The predicted molar refractivity (Wildman–Crippen MR) is 78.8 cm³/mol. The Labute approximate surface area is 126 Å². The zero-order chi connectivity index (χ0) is 15.7. The third kappa shape index (κ3) is 2.83. The Balaban J connectivity index is 1.68. The summed E-state index contributed by atoms with van der Waals surface area (Å²) in [6.45, 7) is 2.11. The number of aromatic nitrogens is 2. The van der Waals surface area contributed by atoms with Crippen LogP contribution in [0.25, 0.3) is 0 Å². The summed E-state index contributed by atoms with van der Waals surface area (Å²) < 4.78 is 12.9. The number of halogens is 1. The van der Waals surface area contributed by atoms with Crippen LogP contribution in [0.2, 0.25) is 0 Å². The molecule has 0 unspecified atom stereocenters. The topological polar surface area (TPSA) is 78.1 Å². The van der Waals surface area contributed by atoms with Crippen LogP contribution in [-0.2, 0) is 9.59 Å². The normalized spacial score (nSPS) is 17.8. The number of benzene rings is 1. The molecule has 1 fully saturated rings. The second kappa shape index (κ2) is 5.59. The van der Waals surface area contributed by atoms with Crippen molar-refractivity contribution < 1.29 is 14.0 Å². The van der Waals surface area contributed by atoms with Crippen molar-refractivity contribution in [2.75, 3.05) is 16.8 Å². The minimum atomic E-state index is -0.449. The Bertz CT molecular complexity index is 711. The molecule has 1 aromatic carbocycles. The van der Waals surface area contributed by atoms with Gasteiger partial charge in [-0.25, -0.2) is 4.39 Å². The molecule has 2 aromatic rings. The summed E-state index contributed by atoms with van der Waals surface area (Å²) in [7, 11) is 0. The monoisotopic (exact) mass is 302 g/mol. The van der Waals surface area contributed by atoms with Crippen LogP contribution in [0.1, 0.15) is 12.1 Å². The summed E-state index contributed by atoms with van der Waals surface area (Å²) in [5.41, 5.74) is 1.43. The first-order chi connectivity index (χ1) is 10.5. The number of nitrogens with one attached hydrogen (secondary N) is 2. The van der Waals surface area contributed by atoms with Gasteiger partial charge in [0.2, 0.25) is 11.8 Å². The largest absolute Gasteiger partial charge is 0.312 e. The first kappa shape index (κ1) is 14.2. The molecule has 1 aliphatic heterocycles. The van der Waals surface area contributed by atoms with E-state index in [1.807, 2.05) is 6.92 Å². The molecule has 1 saturated heterocycles. The molecule has 2 N–H and O–H groups in total. The standard InChI is InChI=1S/C15H15FN4O2/c1-9-6-13(19-18-9)17-15(22)10-7-14(21)20(8-10)12-4-2-11(16)3-5-12/h2-6,10H,7-8H2,1H3,(H2,17,18,19,22)/t10-/m1/s1. The van der Waals surface area contributed by atoms with Crippen LogP contribution in [-0.4, -0.2) is 28.6 Å². The molecule has 3 rings (SSSR count). The van der Waals surface area contributed by atoms with Crippen LogP contribution in [0, 0.1) is 18.7 Å². The Kier molecular flexibility index (Phi) is 3.62. The van der Waals surface area contributed by atoms with Gasteiger partial charge in [-0.05, 0) is 31.2 Å². The minimum Gasteiger partial charge on any atom is -0.312 e. The van der Waals surface area contributed by atoms with Gasteiger partial charge in [0, 0.05) is 30.4 Å². The minimum absolute atomic E-state index is 0.132. The van der Waals surface area contributed by atoms with Crippen molar-refractivity contribution in [1.82, 2.24) is 10.2 Å². The smallest absolute Gasteiger partial charge is 0.231 e. The first-order valence-corrected chi connectivity index (χ1v) is 6.92. The Morgan fingerprint density at radius 1 is 1.41 bits per heavy atom. The van der Waals surface area contributed by atoms with Crippen molar-refractivity contribution in [1.29, 1.82) is 0 Å². The van der Waals surface area contributed by atoms with Crippen molar-refractivity contribution in [2.45, 2.75) is 13.3 Å². The first-order valence-electron chi connectivity index (χ1n) is 6.92. The molecule has 1 aromatic heterocycles. The molecule has 2 heterocycles. The second-order valence-corrected chi connectivity index (χ2v) is 5.31. The molecule has 2 amide bonds. The number of carbonyl (C=O) groups excluding carboxylic acids is 2. The highest BCUT2D eigenvalue weighted by molar-refractivity contribution is 6.03. The van der Waals surface area contributed by atoms with E-state index < -0.39 is 5.92 Å². The number of anilines is 2. The van der Waals surface area contributed by atoms with Crippen LogP contribution in [0.3, 0.4) is 0 Å². The second-order valence-electron chi connectivity index (χ2n) is 5.31. The molecule has 0 radical (unpaired) electrons. The summed E-state index contributed by atoms with van der Waals surface area (Å²) >= 11 is 0. The number of hydrogen-bond donors (Lipinski definition) is 2. The van der Waals surface area contributed by atoms with E-state index in [9.17, 15) is 14.0 Å². The SMILES string of the molecule is Cc1cc(NC(=O)[C@@H]2CC(=O)N(c3ccc(F)cc3)C2)n[nH]1. The Hall–Kier alpha value is -2.70. The van der Waals surface area contributed by atoms with Gasteiger partial charge in [0.15, 0.2) is 5.82 Å². The molecule has 0 saturated carbocycles. The fourth-order valence-electron chi connectivity index (χ4n) is 2.46. The van der Waals surface area contributed by atoms with E-state index in [2.05, 4.69) is 15.5 Å². The molecule has 1 atom stereocenters. The van der Waals surface area contributed by atoms with Crippen LogP contribution in [0.5, 0.6) is 0 Å². The summed E-state index contributed by atoms with van der Waals surface area (Å²) in [6.07, 6.45) is 0.132. The highest BCUT2D eigenvalue weighted by Gasteiger charge is 2.35. The van der Waals surface area contributed by atoms with E-state index in [0.29, 0.717) is 11.5 Å². The summed E-state index contributed by atoms with van der Waals surface area (Å²) in [6, 6.07) is 7.37. The molecule has 0 aliphatic carbocycles. The number of carbonyl (C=O) groups is 2. The average Bonchev–Trinajstić information content (AvgIpc) is 3.06. The Morgan fingerprint density at radius 3 is 2.77 bits per heavy atom. The number of aromatic amines is 1. The van der Waals surface area contributed by atoms with E-state index in [1.165, 1.54) is 29.2 Å². The molecule has 1 aliphatic rings. The van der Waals surface area contributed by atoms with Crippen molar-refractivity contribution in [3.63, 3.8) is 0 Å². The molecule has 0 spiro atoms. The van der Waals surface area contributed by atoms with E-state index in [-0.39, 0.29) is 30.6 Å². The number of nitrogens with zero attached hydrogens (tertiary/aromatic N) is 2. The third-order valence-electron chi connectivity index (χ3n) is 3.59. The Morgan fingerprint density at radius 2 is 2.14 bits per heavy atom. The van der Waals surface area contributed by atoms with Gasteiger partial charge in [0.05, 0.1) is 5.92 Å². The van der Waals surface area contributed by atoms with Gasteiger partial charge < -0.3 is 10.2 Å². The summed E-state index contributed by atoms with van der Waals surface area (Å²) in [5, 5.41) is 9.36. The molecule has 22 heavy (non-hydrogen) atoms. The highest BCUT2D eigenvalue weighted by atomic mass is 19.1. The van der Waals surface area contributed by atoms with Crippen LogP contribution >= 0.6 is 0 Å². The summed E-state index contributed by atoms with van der Waals surface area (Å²) in [4.78, 5) is 25.8. The average molecular weight is 302 g/mol. The zero-order valence-electron chi connectivity index (χ0n) is 12.0. The molecule has 0 bridgehead atoms. The molecule has 7 heteroatoms. The van der Waals surface area contributed by atoms with Gasteiger partial charge in [-0.15, -0.1) is 0 Å². The van der Waals surface area contributed by atoms with E-state index in [4.69, 9.17) is 0 Å². The van der Waals surface area contributed by atoms with Gasteiger partial charge in [-0.3, -0.25) is 14.7 Å². The number of hydrogen-bond acceptors (Lipinski definition) is 3. The van der Waals surface area contributed by atoms with Crippen molar-refractivity contribution >= 4 is 23.3 Å².